The lowest BCUT2D eigenvalue weighted by atomic mass is 9.76. The van der Waals surface area contributed by atoms with E-state index in [1.807, 2.05) is 0 Å². The van der Waals surface area contributed by atoms with Crippen LogP contribution in [0.5, 0.6) is 0 Å². The highest BCUT2D eigenvalue weighted by atomic mass is 35.5. The van der Waals surface area contributed by atoms with Gasteiger partial charge in [-0.2, -0.15) is 0 Å². The summed E-state index contributed by atoms with van der Waals surface area (Å²) in [5.74, 6) is -0.773. The van der Waals surface area contributed by atoms with E-state index in [2.05, 4.69) is 0 Å². The van der Waals surface area contributed by atoms with Crippen molar-refractivity contribution >= 4 is 17.6 Å². The molecule has 19 heavy (non-hydrogen) atoms. The van der Waals surface area contributed by atoms with Gasteiger partial charge in [-0.05, 0) is 42.4 Å². The van der Waals surface area contributed by atoms with Crippen molar-refractivity contribution in [3.63, 3.8) is 0 Å². The minimum Gasteiger partial charge on any atom is -0.481 e. The molecule has 1 aliphatic carbocycles. The highest BCUT2D eigenvalue weighted by molar-refractivity contribution is 6.30. The van der Waals surface area contributed by atoms with Gasteiger partial charge in [0.25, 0.3) is 0 Å². The van der Waals surface area contributed by atoms with Crippen LogP contribution >= 0.6 is 11.6 Å². The van der Waals surface area contributed by atoms with Crippen molar-refractivity contribution in [3.05, 3.63) is 34.9 Å². The summed E-state index contributed by atoms with van der Waals surface area (Å²) in [4.78, 5) is 11.0. The largest absolute Gasteiger partial charge is 0.481 e. The molecule has 104 valence electrons. The molecule has 1 fully saturated rings. The molecule has 2 N–H and O–H groups in total. The van der Waals surface area contributed by atoms with Crippen LogP contribution in [-0.4, -0.2) is 16.2 Å². The summed E-state index contributed by atoms with van der Waals surface area (Å²) in [6.07, 6.45) is 3.95. The topological polar surface area (TPSA) is 57.5 Å². The summed E-state index contributed by atoms with van der Waals surface area (Å²) in [7, 11) is 0. The van der Waals surface area contributed by atoms with Gasteiger partial charge in [-0.1, -0.05) is 36.6 Å². The molecule has 0 aromatic heterocycles. The van der Waals surface area contributed by atoms with Crippen molar-refractivity contribution < 1.29 is 15.0 Å². The minimum absolute atomic E-state index is 0.150. The standard InChI is InChI=1S/C15H19ClO3/c16-12-5-3-11(4-6-12)13(17)9-15(10-14(18)19)7-1-2-8-15/h3-6,13,17H,1-2,7-10H2,(H,18,19). The van der Waals surface area contributed by atoms with E-state index in [1.54, 1.807) is 24.3 Å². The van der Waals surface area contributed by atoms with E-state index >= 15 is 0 Å². The Morgan fingerprint density at radius 3 is 2.37 bits per heavy atom. The van der Waals surface area contributed by atoms with Crippen LogP contribution in [0.1, 0.15) is 50.2 Å². The molecule has 4 heteroatoms. The van der Waals surface area contributed by atoms with E-state index in [-0.39, 0.29) is 11.8 Å². The summed E-state index contributed by atoms with van der Waals surface area (Å²) in [5.41, 5.74) is 0.561. The number of benzene rings is 1. The third-order valence-electron chi connectivity index (χ3n) is 4.07. The van der Waals surface area contributed by atoms with Crippen LogP contribution in [0.2, 0.25) is 5.02 Å². The summed E-state index contributed by atoms with van der Waals surface area (Å²) < 4.78 is 0. The van der Waals surface area contributed by atoms with E-state index in [0.29, 0.717) is 11.4 Å². The number of hydrogen-bond acceptors (Lipinski definition) is 2. The predicted octanol–water partition coefficient (Wildman–Crippen LogP) is 3.80. The molecule has 1 aromatic carbocycles. The van der Waals surface area contributed by atoms with Gasteiger partial charge in [-0.3, -0.25) is 4.79 Å². The molecule has 1 aliphatic rings. The van der Waals surface area contributed by atoms with Crippen LogP contribution < -0.4 is 0 Å². The molecule has 0 amide bonds. The molecule has 3 nitrogen and oxygen atoms in total. The highest BCUT2D eigenvalue weighted by Gasteiger charge is 2.37. The third kappa shape index (κ3) is 3.71. The lowest BCUT2D eigenvalue weighted by Gasteiger charge is -2.29. The summed E-state index contributed by atoms with van der Waals surface area (Å²) in [5, 5.41) is 20.0. The van der Waals surface area contributed by atoms with E-state index < -0.39 is 12.1 Å². The van der Waals surface area contributed by atoms with E-state index in [9.17, 15) is 9.90 Å². The molecule has 1 aromatic rings. The zero-order valence-electron chi connectivity index (χ0n) is 10.8. The quantitative estimate of drug-likeness (QED) is 0.864. The van der Waals surface area contributed by atoms with Gasteiger partial charge in [0.05, 0.1) is 12.5 Å². The van der Waals surface area contributed by atoms with Crippen molar-refractivity contribution in [3.8, 4) is 0 Å². The Morgan fingerprint density at radius 2 is 1.84 bits per heavy atom. The Balaban J connectivity index is 2.08. The first-order valence-corrected chi connectivity index (χ1v) is 7.04. The maximum atomic E-state index is 11.0. The maximum absolute atomic E-state index is 11.0. The van der Waals surface area contributed by atoms with Crippen LogP contribution in [0.25, 0.3) is 0 Å². The molecule has 1 atom stereocenters. The van der Waals surface area contributed by atoms with E-state index in [0.717, 1.165) is 31.2 Å². The lowest BCUT2D eigenvalue weighted by molar-refractivity contribution is -0.140. The summed E-state index contributed by atoms with van der Waals surface area (Å²) >= 11 is 5.82. The fourth-order valence-corrected chi connectivity index (χ4v) is 3.24. The number of carboxylic acids is 1. The van der Waals surface area contributed by atoms with Crippen molar-refractivity contribution in [2.45, 2.75) is 44.6 Å². The van der Waals surface area contributed by atoms with Crippen molar-refractivity contribution in [1.29, 1.82) is 0 Å². The van der Waals surface area contributed by atoms with Gasteiger partial charge in [-0.15, -0.1) is 0 Å². The van der Waals surface area contributed by atoms with Crippen LogP contribution in [0.3, 0.4) is 0 Å². The molecule has 0 saturated heterocycles. The summed E-state index contributed by atoms with van der Waals surface area (Å²) in [6.45, 7) is 0. The zero-order chi connectivity index (χ0) is 13.9. The van der Waals surface area contributed by atoms with Gasteiger partial charge in [0.1, 0.15) is 0 Å². The second-order valence-corrected chi connectivity index (χ2v) is 5.99. The fraction of sp³-hybridized carbons (Fsp3) is 0.533. The second kappa shape index (κ2) is 5.93. The molecule has 0 heterocycles. The Morgan fingerprint density at radius 1 is 1.26 bits per heavy atom. The maximum Gasteiger partial charge on any atom is 0.303 e. The predicted molar refractivity (Wildman–Crippen MR) is 74.2 cm³/mol. The van der Waals surface area contributed by atoms with Crippen LogP contribution in [-0.2, 0) is 4.79 Å². The number of rotatable bonds is 5. The first kappa shape index (κ1) is 14.4. The van der Waals surface area contributed by atoms with Crippen molar-refractivity contribution in [2.24, 2.45) is 5.41 Å². The number of aliphatic hydroxyl groups excluding tert-OH is 1. The number of aliphatic hydroxyl groups is 1. The van der Waals surface area contributed by atoms with E-state index in [1.165, 1.54) is 0 Å². The monoisotopic (exact) mass is 282 g/mol. The molecule has 0 radical (unpaired) electrons. The molecule has 1 saturated carbocycles. The van der Waals surface area contributed by atoms with Gasteiger partial charge in [0.2, 0.25) is 0 Å². The number of aliphatic carboxylic acids is 1. The SMILES string of the molecule is O=C(O)CC1(CC(O)c2ccc(Cl)cc2)CCCC1. The second-order valence-electron chi connectivity index (χ2n) is 5.55. The molecule has 0 bridgehead atoms. The Kier molecular flexibility index (Phi) is 4.48. The lowest BCUT2D eigenvalue weighted by Crippen LogP contribution is -2.23. The number of carbonyl (C=O) groups is 1. The molecule has 1 unspecified atom stereocenters. The molecule has 0 spiro atoms. The molecular weight excluding hydrogens is 264 g/mol. The number of hydrogen-bond donors (Lipinski definition) is 2. The van der Waals surface area contributed by atoms with Gasteiger partial charge < -0.3 is 10.2 Å². The fourth-order valence-electron chi connectivity index (χ4n) is 3.11. The molecular formula is C15H19ClO3. The highest BCUT2D eigenvalue weighted by Crippen LogP contribution is 2.47. The Labute approximate surface area is 118 Å². The Bertz CT molecular complexity index is 435. The minimum atomic E-state index is -0.773. The third-order valence-corrected chi connectivity index (χ3v) is 4.32. The smallest absolute Gasteiger partial charge is 0.303 e. The summed E-state index contributed by atoms with van der Waals surface area (Å²) in [6, 6.07) is 7.10. The first-order valence-electron chi connectivity index (χ1n) is 6.66. The van der Waals surface area contributed by atoms with Gasteiger partial charge in [0, 0.05) is 5.02 Å². The van der Waals surface area contributed by atoms with E-state index in [4.69, 9.17) is 16.7 Å². The normalized spacial score (nSPS) is 19.3. The Hall–Kier alpha value is -1.06. The van der Waals surface area contributed by atoms with Crippen LogP contribution in [0, 0.1) is 5.41 Å². The number of carboxylic acid groups (broad SMARTS) is 1. The van der Waals surface area contributed by atoms with Gasteiger partial charge in [0.15, 0.2) is 0 Å². The average Bonchev–Trinajstić information content (AvgIpc) is 2.77. The first-order chi connectivity index (χ1) is 9.01. The molecule has 0 aliphatic heterocycles. The number of halogens is 1. The van der Waals surface area contributed by atoms with Gasteiger partial charge >= 0.3 is 5.97 Å². The van der Waals surface area contributed by atoms with Crippen molar-refractivity contribution in [1.82, 2.24) is 0 Å². The van der Waals surface area contributed by atoms with Crippen molar-refractivity contribution in [2.75, 3.05) is 0 Å². The average molecular weight is 283 g/mol. The molecule has 2 rings (SSSR count). The van der Waals surface area contributed by atoms with Gasteiger partial charge in [-0.25, -0.2) is 0 Å². The van der Waals surface area contributed by atoms with Crippen LogP contribution in [0.4, 0.5) is 0 Å². The zero-order valence-corrected chi connectivity index (χ0v) is 11.6. The van der Waals surface area contributed by atoms with Crippen LogP contribution in [0.15, 0.2) is 24.3 Å².